The van der Waals surface area contributed by atoms with E-state index in [9.17, 15) is 9.90 Å². The minimum absolute atomic E-state index is 0.153. The van der Waals surface area contributed by atoms with Gasteiger partial charge in [-0.05, 0) is 73.0 Å². The Kier molecular flexibility index (Phi) is 11.7. The number of hydrogen-bond acceptors (Lipinski definition) is 5. The van der Waals surface area contributed by atoms with Gasteiger partial charge in [-0.3, -0.25) is 10.9 Å². The van der Waals surface area contributed by atoms with Gasteiger partial charge in [-0.1, -0.05) is 97.1 Å². The second-order valence-electron chi connectivity index (χ2n) is 10.5. The van der Waals surface area contributed by atoms with Crippen LogP contribution in [0.25, 0.3) is 0 Å². The van der Waals surface area contributed by atoms with Crippen LogP contribution in [0, 0.1) is 0 Å². The van der Waals surface area contributed by atoms with Crippen molar-refractivity contribution in [3.63, 3.8) is 0 Å². The fourth-order valence-corrected chi connectivity index (χ4v) is 9.29. The summed E-state index contributed by atoms with van der Waals surface area (Å²) in [5.41, 5.74) is 8.32. The van der Waals surface area contributed by atoms with Crippen LogP contribution in [-0.4, -0.2) is 46.1 Å². The Balaban J connectivity index is 1.52. The van der Waals surface area contributed by atoms with Gasteiger partial charge in [0.15, 0.2) is 10.2 Å². The number of thiocarbonyl (C=S) groups is 2. The molecule has 0 amide bonds. The lowest BCUT2D eigenvalue weighted by atomic mass is 9.99. The fraction of sp³-hybridized carbons (Fsp3) is 0.0541. The quantitative estimate of drug-likeness (QED) is 0.0571. The molecule has 0 saturated heterocycles. The molecule has 0 saturated carbocycles. The summed E-state index contributed by atoms with van der Waals surface area (Å²) in [4.78, 5) is 11.6. The van der Waals surface area contributed by atoms with Gasteiger partial charge in [0, 0.05) is 18.2 Å². The first-order valence-corrected chi connectivity index (χ1v) is 17.8. The van der Waals surface area contributed by atoms with Crippen molar-refractivity contribution in [2.24, 2.45) is 10.2 Å². The molecule has 8 nitrogen and oxygen atoms in total. The summed E-state index contributed by atoms with van der Waals surface area (Å²) in [7, 11) is -0.520. The lowest BCUT2D eigenvalue weighted by molar-refractivity contribution is 0.0697. The molecule has 0 aliphatic rings. The molecule has 5 N–H and O–H groups in total. The van der Waals surface area contributed by atoms with Crippen LogP contribution >= 0.6 is 31.7 Å². The summed E-state index contributed by atoms with van der Waals surface area (Å²) in [6.07, 6.45) is 0.544. The summed E-state index contributed by atoms with van der Waals surface area (Å²) < 4.78 is 0. The minimum Gasteiger partial charge on any atom is -0.478 e. The van der Waals surface area contributed by atoms with Gasteiger partial charge in [0.25, 0.3) is 0 Å². The lowest BCUT2D eigenvalue weighted by Crippen LogP contribution is -2.42. The predicted molar refractivity (Wildman–Crippen MR) is 207 cm³/mol. The van der Waals surface area contributed by atoms with Crippen LogP contribution < -0.4 is 37.4 Å². The van der Waals surface area contributed by atoms with E-state index in [0.717, 1.165) is 5.56 Å². The first kappa shape index (κ1) is 34.1. The third-order valence-corrected chi connectivity index (χ3v) is 12.2. The van der Waals surface area contributed by atoms with Crippen LogP contribution in [0.5, 0.6) is 0 Å². The first-order chi connectivity index (χ1) is 23.4. The molecule has 5 rings (SSSR count). The van der Waals surface area contributed by atoms with Crippen molar-refractivity contribution >= 4 is 75.2 Å². The summed E-state index contributed by atoms with van der Waals surface area (Å²) in [5.74, 6) is -1.02. The van der Waals surface area contributed by atoms with Gasteiger partial charge in [0.1, 0.15) is 40.9 Å². The molecule has 0 unspecified atom stereocenters. The maximum Gasteiger partial charge on any atom is 0.335 e. The molecule has 0 aliphatic carbocycles. The lowest BCUT2D eigenvalue weighted by Gasteiger charge is -2.28. The Morgan fingerprint density at radius 3 is 1.38 bits per heavy atom. The molecule has 0 radical (unpaired) electrons. The molecule has 0 spiro atoms. The third-order valence-electron chi connectivity index (χ3n) is 7.51. The Bertz CT molecular complexity index is 1810. The van der Waals surface area contributed by atoms with Gasteiger partial charge in [0.2, 0.25) is 0 Å². The molecule has 0 bridgehead atoms. The van der Waals surface area contributed by atoms with Crippen LogP contribution in [0.4, 0.5) is 0 Å². The molecule has 240 valence electrons. The molecule has 11 heteroatoms. The van der Waals surface area contributed by atoms with E-state index < -0.39 is 13.2 Å². The molecule has 0 fully saturated rings. The Morgan fingerprint density at radius 1 is 0.583 bits per heavy atom. The maximum absolute atomic E-state index is 11.6. The minimum atomic E-state index is -2.21. The number of rotatable bonds is 11. The van der Waals surface area contributed by atoms with E-state index in [1.165, 1.54) is 28.0 Å². The standard InChI is InChI=1S/C37H33N6O2PS2/c1-38-36(47)42-40-34(28-22-24-29(25-23-28)35(44)45)33(27-14-6-2-7-15-27)41-43-37(48)39-26-46(30-16-8-3-9-17-30,31-18-10-4-11-19-31)32-20-12-5-13-21-32/h2-25H,26H2,1H3,(H4-,38,39,40,41,42,43,44,45,47,48)/p+1. The van der Waals surface area contributed by atoms with E-state index in [-0.39, 0.29) is 5.56 Å². The highest BCUT2D eigenvalue weighted by atomic mass is 32.1. The van der Waals surface area contributed by atoms with Crippen LogP contribution in [0.15, 0.2) is 156 Å². The zero-order valence-electron chi connectivity index (χ0n) is 26.1. The van der Waals surface area contributed by atoms with E-state index in [2.05, 4.69) is 99.4 Å². The maximum atomic E-state index is 11.6. The van der Waals surface area contributed by atoms with Crippen molar-refractivity contribution in [1.29, 1.82) is 0 Å². The largest absolute Gasteiger partial charge is 0.478 e. The summed E-state index contributed by atoms with van der Waals surface area (Å²) in [5, 5.41) is 29.5. The molecule has 5 aromatic carbocycles. The molecular formula is C37H34N6O2PS2+. The van der Waals surface area contributed by atoms with Gasteiger partial charge in [-0.15, -0.1) is 0 Å². The third kappa shape index (κ3) is 8.16. The molecule has 48 heavy (non-hydrogen) atoms. The summed E-state index contributed by atoms with van der Waals surface area (Å²) >= 11 is 11.1. The van der Waals surface area contributed by atoms with Crippen LogP contribution in [-0.2, 0) is 0 Å². The van der Waals surface area contributed by atoms with Gasteiger partial charge in [0.05, 0.1) is 5.56 Å². The number of carbonyl (C=O) groups is 1. The van der Waals surface area contributed by atoms with E-state index in [1.54, 1.807) is 19.2 Å². The number of hydrogen-bond donors (Lipinski definition) is 5. The summed E-state index contributed by atoms with van der Waals surface area (Å²) in [6.45, 7) is 0. The van der Waals surface area contributed by atoms with Crippen LogP contribution in [0.2, 0.25) is 0 Å². The number of carboxylic acids is 1. The van der Waals surface area contributed by atoms with Gasteiger partial charge in [-0.2, -0.15) is 10.2 Å². The molecule has 0 aliphatic heterocycles. The number of hydrazone groups is 2. The van der Waals surface area contributed by atoms with Gasteiger partial charge >= 0.3 is 5.97 Å². The second-order valence-corrected chi connectivity index (χ2v) is 14.8. The Labute approximate surface area is 291 Å². The second kappa shape index (κ2) is 16.5. The highest BCUT2D eigenvalue weighted by molar-refractivity contribution is 7.95. The van der Waals surface area contributed by atoms with Crippen molar-refractivity contribution in [2.45, 2.75) is 0 Å². The van der Waals surface area contributed by atoms with E-state index in [1.807, 2.05) is 48.5 Å². The SMILES string of the molecule is CNC(=S)N/N=C(/C(=N/NC(=S)NC[P+](c1ccccc1)(c1ccccc1)c1ccccc1)c1ccccc1)c1ccc(C(=O)O)cc1. The normalized spacial score (nSPS) is 11.7. The average molecular weight is 690 g/mol. The molecule has 0 heterocycles. The molecule has 5 aromatic rings. The fourth-order valence-electron chi connectivity index (χ4n) is 5.14. The molecular weight excluding hydrogens is 656 g/mol. The molecule has 0 aromatic heterocycles. The zero-order valence-corrected chi connectivity index (χ0v) is 28.6. The molecule has 0 atom stereocenters. The van der Waals surface area contributed by atoms with Gasteiger partial charge in [-0.25, -0.2) is 4.79 Å². The van der Waals surface area contributed by atoms with E-state index in [0.29, 0.717) is 33.5 Å². The highest BCUT2D eigenvalue weighted by Crippen LogP contribution is 2.54. The predicted octanol–water partition coefficient (Wildman–Crippen LogP) is 5.00. The monoisotopic (exact) mass is 689 g/mol. The van der Waals surface area contributed by atoms with Crippen molar-refractivity contribution in [3.8, 4) is 0 Å². The smallest absolute Gasteiger partial charge is 0.335 e. The van der Waals surface area contributed by atoms with Crippen molar-refractivity contribution in [2.75, 3.05) is 13.3 Å². The summed E-state index contributed by atoms with van der Waals surface area (Å²) in [6, 6.07) is 47.5. The van der Waals surface area contributed by atoms with Gasteiger partial charge < -0.3 is 15.7 Å². The number of aromatic carboxylic acids is 1. The van der Waals surface area contributed by atoms with E-state index in [4.69, 9.17) is 29.5 Å². The average Bonchev–Trinajstić information content (AvgIpc) is 3.14. The Morgan fingerprint density at radius 2 is 0.958 bits per heavy atom. The van der Waals surface area contributed by atoms with E-state index >= 15 is 0 Å². The number of carboxylic acid groups (broad SMARTS) is 1. The van der Waals surface area contributed by atoms with Crippen molar-refractivity contribution in [3.05, 3.63) is 162 Å². The topological polar surface area (TPSA) is 110 Å². The van der Waals surface area contributed by atoms with Crippen molar-refractivity contribution in [1.82, 2.24) is 21.5 Å². The zero-order chi connectivity index (χ0) is 33.8. The number of nitrogens with zero attached hydrogens (tertiary/aromatic N) is 2. The van der Waals surface area contributed by atoms with Crippen molar-refractivity contribution < 1.29 is 9.90 Å². The highest BCUT2D eigenvalue weighted by Gasteiger charge is 2.45. The number of nitrogens with one attached hydrogen (secondary N) is 4. The van der Waals surface area contributed by atoms with Crippen LogP contribution in [0.3, 0.4) is 0 Å². The first-order valence-electron chi connectivity index (χ1n) is 15.0. The number of benzene rings is 5. The Hall–Kier alpha value is -5.28. The van der Waals surface area contributed by atoms with Crippen LogP contribution in [0.1, 0.15) is 21.5 Å².